The van der Waals surface area contributed by atoms with Crippen LogP contribution >= 0.6 is 0 Å². The van der Waals surface area contributed by atoms with Crippen LogP contribution in [0.1, 0.15) is 36.8 Å². The smallest absolute Gasteiger partial charge is 0.227 e. The minimum absolute atomic E-state index is 0.168. The minimum atomic E-state index is 0.168. The lowest BCUT2D eigenvalue weighted by Gasteiger charge is -2.36. The van der Waals surface area contributed by atoms with Gasteiger partial charge in [0, 0.05) is 32.1 Å². The standard InChI is InChI=1S/C19H26N2O2/c1-15-6-8-16(9-7-15)14-18(22)20-10-12-21(13-11-20)19(23)17-4-2-3-5-17/h6-9,17H,2-5,10-14H2,1H3. The van der Waals surface area contributed by atoms with E-state index in [2.05, 4.69) is 0 Å². The second kappa shape index (κ2) is 7.16. The van der Waals surface area contributed by atoms with Gasteiger partial charge in [-0.3, -0.25) is 9.59 Å². The minimum Gasteiger partial charge on any atom is -0.339 e. The van der Waals surface area contributed by atoms with Crippen molar-refractivity contribution in [3.05, 3.63) is 35.4 Å². The molecule has 2 amide bonds. The first-order valence-electron chi connectivity index (χ1n) is 8.75. The maximum atomic E-state index is 12.4. The summed E-state index contributed by atoms with van der Waals surface area (Å²) in [6.45, 7) is 4.77. The summed E-state index contributed by atoms with van der Waals surface area (Å²) < 4.78 is 0. The zero-order valence-corrected chi connectivity index (χ0v) is 14.0. The highest BCUT2D eigenvalue weighted by Gasteiger charge is 2.30. The van der Waals surface area contributed by atoms with Crippen LogP contribution in [0.25, 0.3) is 0 Å². The van der Waals surface area contributed by atoms with E-state index in [1.165, 1.54) is 18.4 Å². The zero-order chi connectivity index (χ0) is 16.2. The van der Waals surface area contributed by atoms with Gasteiger partial charge in [0.05, 0.1) is 6.42 Å². The lowest BCUT2D eigenvalue weighted by Crippen LogP contribution is -2.52. The van der Waals surface area contributed by atoms with Crippen LogP contribution in [0.5, 0.6) is 0 Å². The first-order chi connectivity index (χ1) is 11.1. The van der Waals surface area contributed by atoms with Crippen LogP contribution in [0.15, 0.2) is 24.3 Å². The molecule has 0 radical (unpaired) electrons. The number of nitrogens with zero attached hydrogens (tertiary/aromatic N) is 2. The number of rotatable bonds is 3. The van der Waals surface area contributed by atoms with Crippen LogP contribution < -0.4 is 0 Å². The summed E-state index contributed by atoms with van der Waals surface area (Å²) in [5, 5.41) is 0. The summed E-state index contributed by atoms with van der Waals surface area (Å²) in [4.78, 5) is 28.7. The Morgan fingerprint density at radius 2 is 1.52 bits per heavy atom. The van der Waals surface area contributed by atoms with E-state index in [4.69, 9.17) is 0 Å². The van der Waals surface area contributed by atoms with E-state index < -0.39 is 0 Å². The van der Waals surface area contributed by atoms with Crippen LogP contribution in [0.3, 0.4) is 0 Å². The molecular formula is C19H26N2O2. The molecule has 0 bridgehead atoms. The number of hydrogen-bond donors (Lipinski definition) is 0. The number of hydrogen-bond acceptors (Lipinski definition) is 2. The highest BCUT2D eigenvalue weighted by Crippen LogP contribution is 2.27. The number of aryl methyl sites for hydroxylation is 1. The molecule has 1 saturated carbocycles. The van der Waals surface area contributed by atoms with Gasteiger partial charge in [-0.1, -0.05) is 42.7 Å². The number of carbonyl (C=O) groups is 2. The highest BCUT2D eigenvalue weighted by molar-refractivity contribution is 5.81. The molecule has 1 aromatic carbocycles. The van der Waals surface area contributed by atoms with Gasteiger partial charge in [-0.05, 0) is 25.3 Å². The predicted octanol–water partition coefficient (Wildman–Crippen LogP) is 2.40. The summed E-state index contributed by atoms with van der Waals surface area (Å²) >= 11 is 0. The molecule has 4 heteroatoms. The van der Waals surface area contributed by atoms with Crippen molar-refractivity contribution in [3.8, 4) is 0 Å². The van der Waals surface area contributed by atoms with Crippen molar-refractivity contribution >= 4 is 11.8 Å². The second-order valence-corrected chi connectivity index (χ2v) is 6.85. The number of benzene rings is 1. The maximum Gasteiger partial charge on any atom is 0.227 e. The molecule has 0 spiro atoms. The van der Waals surface area contributed by atoms with Gasteiger partial charge in [-0.15, -0.1) is 0 Å². The van der Waals surface area contributed by atoms with Crippen molar-refractivity contribution < 1.29 is 9.59 Å². The molecule has 0 N–H and O–H groups in total. The molecule has 2 fully saturated rings. The zero-order valence-electron chi connectivity index (χ0n) is 14.0. The molecule has 124 valence electrons. The molecule has 1 aliphatic heterocycles. The number of carbonyl (C=O) groups excluding carboxylic acids is 2. The number of amides is 2. The van der Waals surface area contributed by atoms with Gasteiger partial charge in [0.2, 0.25) is 11.8 Å². The second-order valence-electron chi connectivity index (χ2n) is 6.85. The van der Waals surface area contributed by atoms with Crippen molar-refractivity contribution in [1.29, 1.82) is 0 Å². The average Bonchev–Trinajstić information content (AvgIpc) is 3.11. The van der Waals surface area contributed by atoms with Gasteiger partial charge < -0.3 is 9.80 Å². The molecule has 3 rings (SSSR count). The van der Waals surface area contributed by atoms with Crippen molar-refractivity contribution in [1.82, 2.24) is 9.80 Å². The molecule has 0 atom stereocenters. The van der Waals surface area contributed by atoms with Gasteiger partial charge >= 0.3 is 0 Å². The molecule has 0 aromatic heterocycles. The molecule has 4 nitrogen and oxygen atoms in total. The third-order valence-corrected chi connectivity index (χ3v) is 5.12. The van der Waals surface area contributed by atoms with E-state index in [9.17, 15) is 9.59 Å². The van der Waals surface area contributed by atoms with Crippen LogP contribution in [-0.4, -0.2) is 47.8 Å². The summed E-state index contributed by atoms with van der Waals surface area (Å²) in [6.07, 6.45) is 4.92. The fourth-order valence-corrected chi connectivity index (χ4v) is 3.60. The van der Waals surface area contributed by atoms with E-state index in [1.54, 1.807) is 0 Å². The first kappa shape index (κ1) is 16.0. The molecular weight excluding hydrogens is 288 g/mol. The van der Waals surface area contributed by atoms with Crippen molar-refractivity contribution in [2.75, 3.05) is 26.2 Å². The van der Waals surface area contributed by atoms with Gasteiger partial charge in [-0.2, -0.15) is 0 Å². The van der Waals surface area contributed by atoms with Gasteiger partial charge in [0.15, 0.2) is 0 Å². The molecule has 1 aliphatic carbocycles. The average molecular weight is 314 g/mol. The fraction of sp³-hybridized carbons (Fsp3) is 0.579. The normalized spacial score (nSPS) is 19.2. The summed E-state index contributed by atoms with van der Waals surface area (Å²) in [5.41, 5.74) is 2.27. The lowest BCUT2D eigenvalue weighted by atomic mass is 10.1. The third-order valence-electron chi connectivity index (χ3n) is 5.12. The third kappa shape index (κ3) is 3.92. The van der Waals surface area contributed by atoms with Gasteiger partial charge in [0.25, 0.3) is 0 Å². The Morgan fingerprint density at radius 3 is 2.13 bits per heavy atom. The predicted molar refractivity (Wildman–Crippen MR) is 90.0 cm³/mol. The molecule has 0 unspecified atom stereocenters. The maximum absolute atomic E-state index is 12.4. The van der Waals surface area contributed by atoms with E-state index in [0.717, 1.165) is 18.4 Å². The van der Waals surface area contributed by atoms with Gasteiger partial charge in [0.1, 0.15) is 0 Å². The Kier molecular flexibility index (Phi) is 4.99. The largest absolute Gasteiger partial charge is 0.339 e. The lowest BCUT2D eigenvalue weighted by molar-refractivity contribution is -0.141. The molecule has 1 saturated heterocycles. The first-order valence-corrected chi connectivity index (χ1v) is 8.75. The summed E-state index contributed by atoms with van der Waals surface area (Å²) in [5.74, 6) is 0.722. The fourth-order valence-electron chi connectivity index (χ4n) is 3.60. The van der Waals surface area contributed by atoms with E-state index in [1.807, 2.05) is 41.0 Å². The van der Waals surface area contributed by atoms with E-state index in [0.29, 0.717) is 38.5 Å². The Labute approximate surface area is 138 Å². The molecule has 1 heterocycles. The van der Waals surface area contributed by atoms with E-state index in [-0.39, 0.29) is 11.8 Å². The Bertz CT molecular complexity index is 553. The van der Waals surface area contributed by atoms with Crippen molar-refractivity contribution in [2.24, 2.45) is 5.92 Å². The van der Waals surface area contributed by atoms with Crippen LogP contribution in [-0.2, 0) is 16.0 Å². The molecule has 2 aliphatic rings. The Morgan fingerprint density at radius 1 is 0.957 bits per heavy atom. The van der Waals surface area contributed by atoms with Crippen LogP contribution in [0, 0.1) is 12.8 Å². The van der Waals surface area contributed by atoms with Crippen LogP contribution in [0.2, 0.25) is 0 Å². The van der Waals surface area contributed by atoms with Gasteiger partial charge in [-0.25, -0.2) is 0 Å². The van der Waals surface area contributed by atoms with Crippen molar-refractivity contribution in [3.63, 3.8) is 0 Å². The SMILES string of the molecule is Cc1ccc(CC(=O)N2CCN(C(=O)C3CCCC3)CC2)cc1. The number of piperazine rings is 1. The monoisotopic (exact) mass is 314 g/mol. The van der Waals surface area contributed by atoms with Crippen molar-refractivity contribution in [2.45, 2.75) is 39.0 Å². The highest BCUT2D eigenvalue weighted by atomic mass is 16.2. The topological polar surface area (TPSA) is 40.6 Å². The molecule has 1 aromatic rings. The summed E-state index contributed by atoms with van der Waals surface area (Å²) in [7, 11) is 0. The van der Waals surface area contributed by atoms with Crippen LogP contribution in [0.4, 0.5) is 0 Å². The summed E-state index contributed by atoms with van der Waals surface area (Å²) in [6, 6.07) is 8.13. The van der Waals surface area contributed by atoms with E-state index >= 15 is 0 Å². The Hall–Kier alpha value is -1.84. The Balaban J connectivity index is 1.49. The quantitative estimate of drug-likeness (QED) is 0.859. The molecule has 23 heavy (non-hydrogen) atoms.